The monoisotopic (exact) mass is 379 g/mol. The topological polar surface area (TPSA) is 80.4 Å². The molecule has 0 aromatic heterocycles. The first kappa shape index (κ1) is 18.4. The van der Waals surface area contributed by atoms with Gasteiger partial charge in [-0.1, -0.05) is 42.8 Å². The Labute approximate surface area is 153 Å². The molecule has 1 aliphatic rings. The molecule has 2 aromatic carbocycles. The van der Waals surface area contributed by atoms with Crippen LogP contribution in [0.1, 0.15) is 24.0 Å². The van der Waals surface area contributed by atoms with Gasteiger partial charge in [0.1, 0.15) is 0 Å². The first-order valence-electron chi connectivity index (χ1n) is 8.30. The smallest absolute Gasteiger partial charge is 0.182 e. The highest BCUT2D eigenvalue weighted by molar-refractivity contribution is 7.92. The average molecular weight is 380 g/mol. The molecule has 6 heteroatoms. The van der Waals surface area contributed by atoms with Crippen molar-refractivity contribution >= 4 is 21.4 Å². The third-order valence-electron chi connectivity index (χ3n) is 5.28. The third kappa shape index (κ3) is 2.99. The molecule has 0 unspecified atom stereocenters. The number of aliphatic hydroxyl groups is 1. The Hall–Kier alpha value is -1.40. The molecule has 3 atom stereocenters. The SMILES string of the molecule is CCc1ccc([C@@H]2[C@H](S(=O)(=O)c3ccc(Cl)cc3)[C@@]2(CN)CO)cc1. The fraction of sp³-hybridized carbons (Fsp3) is 0.368. The predicted molar refractivity (Wildman–Crippen MR) is 99.6 cm³/mol. The van der Waals surface area contributed by atoms with Gasteiger partial charge in [-0.2, -0.15) is 0 Å². The largest absolute Gasteiger partial charge is 0.396 e. The number of aryl methyl sites for hydroxylation is 1. The van der Waals surface area contributed by atoms with Crippen LogP contribution in [0.4, 0.5) is 0 Å². The average Bonchev–Trinajstić information content (AvgIpc) is 3.33. The number of halogens is 1. The van der Waals surface area contributed by atoms with Gasteiger partial charge in [0.25, 0.3) is 0 Å². The number of rotatable bonds is 6. The second-order valence-electron chi connectivity index (χ2n) is 6.59. The van der Waals surface area contributed by atoms with E-state index in [9.17, 15) is 13.5 Å². The van der Waals surface area contributed by atoms with Crippen molar-refractivity contribution in [1.29, 1.82) is 0 Å². The lowest BCUT2D eigenvalue weighted by Gasteiger charge is -2.12. The van der Waals surface area contributed by atoms with Crippen molar-refractivity contribution in [3.8, 4) is 0 Å². The summed E-state index contributed by atoms with van der Waals surface area (Å²) in [6.07, 6.45) is 0.916. The van der Waals surface area contributed by atoms with Crippen LogP contribution in [0, 0.1) is 5.41 Å². The zero-order valence-corrected chi connectivity index (χ0v) is 15.6. The Kier molecular flexibility index (Phi) is 4.95. The summed E-state index contributed by atoms with van der Waals surface area (Å²) in [5.41, 5.74) is 7.15. The molecule has 0 heterocycles. The first-order chi connectivity index (χ1) is 11.9. The van der Waals surface area contributed by atoms with Crippen LogP contribution in [0.25, 0.3) is 0 Å². The zero-order chi connectivity index (χ0) is 18.2. The van der Waals surface area contributed by atoms with Crippen molar-refractivity contribution in [3.63, 3.8) is 0 Å². The van der Waals surface area contributed by atoms with E-state index in [-0.39, 0.29) is 24.0 Å². The summed E-state index contributed by atoms with van der Waals surface area (Å²) >= 11 is 5.87. The maximum Gasteiger partial charge on any atom is 0.182 e. The number of hydrogen-bond donors (Lipinski definition) is 2. The molecule has 0 saturated heterocycles. The van der Waals surface area contributed by atoms with Gasteiger partial charge in [0.2, 0.25) is 0 Å². The van der Waals surface area contributed by atoms with Gasteiger partial charge >= 0.3 is 0 Å². The van der Waals surface area contributed by atoms with Gasteiger partial charge in [-0.25, -0.2) is 8.42 Å². The number of hydrogen-bond acceptors (Lipinski definition) is 4. The fourth-order valence-corrected chi connectivity index (χ4v) is 6.25. The standard InChI is InChI=1S/C19H22ClNO3S/c1-2-13-3-5-14(6-4-13)17-18(19(17,11-21)12-22)25(23,24)16-9-7-15(20)8-10-16/h3-10,17-18,22H,2,11-12,21H2,1H3/t17-,18+,19+/m1/s1. The minimum Gasteiger partial charge on any atom is -0.396 e. The van der Waals surface area contributed by atoms with Crippen LogP contribution in [0.2, 0.25) is 5.02 Å². The maximum atomic E-state index is 13.1. The number of sulfone groups is 1. The first-order valence-corrected chi connectivity index (χ1v) is 10.2. The van der Waals surface area contributed by atoms with E-state index in [1.807, 2.05) is 24.3 Å². The van der Waals surface area contributed by atoms with Crippen LogP contribution in [-0.2, 0) is 16.3 Å². The summed E-state index contributed by atoms with van der Waals surface area (Å²) in [5, 5.41) is 9.70. The molecule has 1 saturated carbocycles. The number of benzene rings is 2. The van der Waals surface area contributed by atoms with Gasteiger partial charge < -0.3 is 10.8 Å². The lowest BCUT2D eigenvalue weighted by atomic mass is 9.99. The molecular formula is C19H22ClNO3S. The molecule has 0 radical (unpaired) electrons. The van der Waals surface area contributed by atoms with Gasteiger partial charge in [-0.3, -0.25) is 0 Å². The Morgan fingerprint density at radius 2 is 1.72 bits per heavy atom. The van der Waals surface area contributed by atoms with E-state index in [2.05, 4.69) is 6.92 Å². The molecule has 0 amide bonds. The molecule has 1 aliphatic carbocycles. The quantitative estimate of drug-likeness (QED) is 0.808. The minimum atomic E-state index is -3.63. The van der Waals surface area contributed by atoms with E-state index in [0.717, 1.165) is 12.0 Å². The predicted octanol–water partition coefficient (Wildman–Crippen LogP) is 2.78. The lowest BCUT2D eigenvalue weighted by molar-refractivity contribution is 0.212. The van der Waals surface area contributed by atoms with Crippen LogP contribution >= 0.6 is 11.6 Å². The van der Waals surface area contributed by atoms with Crippen molar-refractivity contribution in [2.24, 2.45) is 11.1 Å². The Bertz CT molecular complexity index is 843. The Morgan fingerprint density at radius 1 is 1.12 bits per heavy atom. The van der Waals surface area contributed by atoms with E-state index in [0.29, 0.717) is 5.02 Å². The third-order valence-corrected chi connectivity index (χ3v) is 7.87. The summed E-state index contributed by atoms with van der Waals surface area (Å²) in [5.74, 6) is -0.311. The summed E-state index contributed by atoms with van der Waals surface area (Å²) < 4.78 is 26.3. The summed E-state index contributed by atoms with van der Waals surface area (Å²) in [7, 11) is -3.63. The molecule has 134 valence electrons. The van der Waals surface area contributed by atoms with Crippen molar-refractivity contribution < 1.29 is 13.5 Å². The van der Waals surface area contributed by atoms with E-state index in [1.165, 1.54) is 17.7 Å². The molecular weight excluding hydrogens is 358 g/mol. The Morgan fingerprint density at radius 3 is 2.20 bits per heavy atom. The van der Waals surface area contributed by atoms with Gasteiger partial charge in [0.05, 0.1) is 16.8 Å². The molecule has 25 heavy (non-hydrogen) atoms. The van der Waals surface area contributed by atoms with Crippen molar-refractivity contribution in [1.82, 2.24) is 0 Å². The molecule has 3 N–H and O–H groups in total. The second kappa shape index (κ2) is 6.72. The highest BCUT2D eigenvalue weighted by Crippen LogP contribution is 2.63. The van der Waals surface area contributed by atoms with Crippen LogP contribution in [0.15, 0.2) is 53.4 Å². The van der Waals surface area contributed by atoms with E-state index in [4.69, 9.17) is 17.3 Å². The van der Waals surface area contributed by atoms with Gasteiger partial charge in [-0.05, 0) is 41.8 Å². The lowest BCUT2D eigenvalue weighted by Crippen LogP contribution is -2.27. The van der Waals surface area contributed by atoms with Gasteiger partial charge in [0, 0.05) is 22.9 Å². The molecule has 0 spiro atoms. The molecule has 3 rings (SSSR count). The Balaban J connectivity index is 2.02. The summed E-state index contributed by atoms with van der Waals surface area (Å²) in [6, 6.07) is 14.0. The van der Waals surface area contributed by atoms with Crippen LogP contribution in [0.5, 0.6) is 0 Å². The highest BCUT2D eigenvalue weighted by atomic mass is 35.5. The van der Waals surface area contributed by atoms with Crippen molar-refractivity contribution in [2.75, 3.05) is 13.2 Å². The number of nitrogens with two attached hydrogens (primary N) is 1. The van der Waals surface area contributed by atoms with Crippen LogP contribution in [0.3, 0.4) is 0 Å². The van der Waals surface area contributed by atoms with Crippen molar-refractivity contribution in [3.05, 3.63) is 64.7 Å². The van der Waals surface area contributed by atoms with Crippen LogP contribution < -0.4 is 5.73 Å². The van der Waals surface area contributed by atoms with Gasteiger partial charge in [0.15, 0.2) is 9.84 Å². The molecule has 4 nitrogen and oxygen atoms in total. The van der Waals surface area contributed by atoms with Crippen LogP contribution in [-0.4, -0.2) is 31.9 Å². The highest BCUT2D eigenvalue weighted by Gasteiger charge is 2.70. The number of aliphatic hydroxyl groups excluding tert-OH is 1. The molecule has 0 bridgehead atoms. The zero-order valence-electron chi connectivity index (χ0n) is 14.0. The summed E-state index contributed by atoms with van der Waals surface area (Å²) in [6.45, 7) is 1.92. The van der Waals surface area contributed by atoms with E-state index in [1.54, 1.807) is 12.1 Å². The summed E-state index contributed by atoms with van der Waals surface area (Å²) in [4.78, 5) is 0.209. The van der Waals surface area contributed by atoms with E-state index < -0.39 is 20.5 Å². The maximum absolute atomic E-state index is 13.1. The molecule has 1 fully saturated rings. The van der Waals surface area contributed by atoms with Gasteiger partial charge in [-0.15, -0.1) is 0 Å². The van der Waals surface area contributed by atoms with E-state index >= 15 is 0 Å². The normalized spacial score (nSPS) is 25.8. The molecule has 2 aromatic rings. The minimum absolute atomic E-state index is 0.112. The van der Waals surface area contributed by atoms with Crippen molar-refractivity contribution in [2.45, 2.75) is 29.4 Å². The molecule has 0 aliphatic heterocycles. The second-order valence-corrected chi connectivity index (χ2v) is 9.09. The fourth-order valence-electron chi connectivity index (χ4n) is 3.68.